The molecule has 0 aromatic rings. The molecule has 0 aromatic carbocycles. The first-order valence-corrected chi connectivity index (χ1v) is 27.0. The lowest BCUT2D eigenvalue weighted by Crippen LogP contribution is -2.60. The second-order valence-electron chi connectivity index (χ2n) is 18.6. The molecule has 1 heterocycles. The molecule has 0 radical (unpaired) electrons. The van der Waals surface area contributed by atoms with E-state index in [0.717, 1.165) is 83.5 Å². The van der Waals surface area contributed by atoms with Crippen molar-refractivity contribution in [2.24, 2.45) is 0 Å². The lowest BCUT2D eigenvalue weighted by molar-refractivity contribution is -0.302. The summed E-state index contributed by atoms with van der Waals surface area (Å²) in [6.07, 6.45) is 54.7. The molecule has 378 valence electrons. The number of unbranched alkanes of at least 4 members (excludes halogenated alkanes) is 25. The molecule has 1 saturated heterocycles. The van der Waals surface area contributed by atoms with Gasteiger partial charge in [0.2, 0.25) is 5.91 Å². The SMILES string of the molecule is CC/C=C\C/C=C\C/C=C\C/C=C\C/C=C\CCCCCCCCCCCCCCCCCCCCCCCC(=O)NC(COC1OC(CO)C(O)C(O)C1O)C(O)CCCCCCC. The number of amides is 1. The van der Waals surface area contributed by atoms with Crippen LogP contribution < -0.4 is 5.32 Å². The first kappa shape index (κ1) is 60.9. The van der Waals surface area contributed by atoms with Crippen LogP contribution in [-0.2, 0) is 14.3 Å². The van der Waals surface area contributed by atoms with Crippen molar-refractivity contribution in [2.75, 3.05) is 13.2 Å². The number of rotatable bonds is 45. The number of carbonyl (C=O) groups excluding carboxylic acids is 1. The van der Waals surface area contributed by atoms with Gasteiger partial charge < -0.3 is 40.3 Å². The number of aliphatic hydroxyl groups excluding tert-OH is 5. The van der Waals surface area contributed by atoms with Crippen molar-refractivity contribution in [1.82, 2.24) is 5.32 Å². The predicted octanol–water partition coefficient (Wildman–Crippen LogP) is 12.7. The molecule has 7 unspecified atom stereocenters. The molecule has 1 rings (SSSR count). The highest BCUT2D eigenvalue weighted by atomic mass is 16.7. The fourth-order valence-corrected chi connectivity index (χ4v) is 8.36. The van der Waals surface area contributed by atoms with E-state index in [1.54, 1.807) is 0 Å². The third-order valence-corrected chi connectivity index (χ3v) is 12.6. The average molecular weight is 916 g/mol. The zero-order valence-electron chi connectivity index (χ0n) is 41.7. The van der Waals surface area contributed by atoms with Crippen LogP contribution in [0, 0.1) is 0 Å². The van der Waals surface area contributed by atoms with Crippen LogP contribution in [-0.4, -0.2) is 87.5 Å². The van der Waals surface area contributed by atoms with E-state index in [1.165, 1.54) is 122 Å². The Labute approximate surface area is 398 Å². The van der Waals surface area contributed by atoms with E-state index in [1.807, 2.05) is 0 Å². The number of carbonyl (C=O) groups is 1. The monoisotopic (exact) mass is 916 g/mol. The third kappa shape index (κ3) is 35.7. The molecule has 1 fully saturated rings. The van der Waals surface area contributed by atoms with E-state index in [4.69, 9.17) is 9.47 Å². The molecule has 7 atom stereocenters. The number of allylic oxidation sites excluding steroid dienone is 10. The summed E-state index contributed by atoms with van der Waals surface area (Å²) in [5, 5.41) is 54.0. The van der Waals surface area contributed by atoms with E-state index < -0.39 is 49.5 Å². The third-order valence-electron chi connectivity index (χ3n) is 12.6. The summed E-state index contributed by atoms with van der Waals surface area (Å²) in [6.45, 7) is 3.63. The second kappa shape index (κ2) is 45.7. The van der Waals surface area contributed by atoms with Crippen LogP contribution in [0.25, 0.3) is 0 Å². The molecule has 9 nitrogen and oxygen atoms in total. The highest BCUT2D eigenvalue weighted by Crippen LogP contribution is 2.23. The van der Waals surface area contributed by atoms with Crippen LogP contribution in [0.5, 0.6) is 0 Å². The minimum absolute atomic E-state index is 0.139. The van der Waals surface area contributed by atoms with Crippen LogP contribution >= 0.6 is 0 Å². The summed E-state index contributed by atoms with van der Waals surface area (Å²) in [4.78, 5) is 12.9. The van der Waals surface area contributed by atoms with Crippen LogP contribution in [0.2, 0.25) is 0 Å². The van der Waals surface area contributed by atoms with Gasteiger partial charge in [-0.05, 0) is 57.8 Å². The van der Waals surface area contributed by atoms with Crippen molar-refractivity contribution in [3.05, 3.63) is 60.8 Å². The first-order chi connectivity index (χ1) is 31.8. The van der Waals surface area contributed by atoms with Crippen molar-refractivity contribution in [2.45, 2.75) is 275 Å². The van der Waals surface area contributed by atoms with Crippen LogP contribution in [0.4, 0.5) is 0 Å². The number of ether oxygens (including phenoxy) is 2. The Balaban J connectivity index is 1.97. The lowest BCUT2D eigenvalue weighted by atomic mass is 9.99. The van der Waals surface area contributed by atoms with Gasteiger partial charge in [-0.15, -0.1) is 0 Å². The topological polar surface area (TPSA) is 149 Å². The van der Waals surface area contributed by atoms with Gasteiger partial charge in [0.05, 0.1) is 25.4 Å². The summed E-state index contributed by atoms with van der Waals surface area (Å²) in [5.74, 6) is -0.150. The second-order valence-corrected chi connectivity index (χ2v) is 18.6. The van der Waals surface area contributed by atoms with Gasteiger partial charge in [0.25, 0.3) is 0 Å². The molecule has 1 amide bonds. The minimum Gasteiger partial charge on any atom is -0.394 e. The fourth-order valence-electron chi connectivity index (χ4n) is 8.36. The van der Waals surface area contributed by atoms with Crippen molar-refractivity contribution < 1.29 is 39.8 Å². The molecule has 0 bridgehead atoms. The molecular formula is C56H101NO8. The van der Waals surface area contributed by atoms with Crippen molar-refractivity contribution in [3.8, 4) is 0 Å². The standard InChI is InChI=1S/C56H101NO8/c1-3-5-7-9-10-11-12-13-14-15-16-17-18-19-20-21-22-23-24-25-26-27-28-29-30-31-32-33-34-35-36-37-38-39-40-42-44-46-52(60)57-49(50(59)45-43-41-8-6-4-2)48-64-56-55(63)54(62)53(61)51(47-58)65-56/h5,7,10-11,13-14,16-17,19-20,49-51,53-56,58-59,61-63H,3-4,6,8-9,12,15,18,21-48H2,1-2H3,(H,57,60)/b7-5-,11-10-,14-13-,17-16-,20-19-. The zero-order valence-corrected chi connectivity index (χ0v) is 41.7. The van der Waals surface area contributed by atoms with E-state index in [0.29, 0.717) is 12.8 Å². The quantitative estimate of drug-likeness (QED) is 0.0261. The summed E-state index contributed by atoms with van der Waals surface area (Å²) in [7, 11) is 0. The van der Waals surface area contributed by atoms with Gasteiger partial charge in [0.15, 0.2) is 6.29 Å². The average Bonchev–Trinajstić information content (AvgIpc) is 3.31. The van der Waals surface area contributed by atoms with Crippen molar-refractivity contribution in [3.63, 3.8) is 0 Å². The van der Waals surface area contributed by atoms with Crippen molar-refractivity contribution in [1.29, 1.82) is 0 Å². The summed E-state index contributed by atoms with van der Waals surface area (Å²) in [5.41, 5.74) is 0. The first-order valence-electron chi connectivity index (χ1n) is 27.0. The molecular weight excluding hydrogens is 815 g/mol. The maximum Gasteiger partial charge on any atom is 0.220 e. The molecule has 0 spiro atoms. The van der Waals surface area contributed by atoms with E-state index in [2.05, 4.69) is 79.9 Å². The van der Waals surface area contributed by atoms with Gasteiger partial charge in [-0.2, -0.15) is 0 Å². The number of hydrogen-bond donors (Lipinski definition) is 6. The van der Waals surface area contributed by atoms with Gasteiger partial charge in [0.1, 0.15) is 24.4 Å². The van der Waals surface area contributed by atoms with E-state index in [-0.39, 0.29) is 12.5 Å². The summed E-state index contributed by atoms with van der Waals surface area (Å²) >= 11 is 0. The van der Waals surface area contributed by atoms with Gasteiger partial charge in [0, 0.05) is 6.42 Å². The van der Waals surface area contributed by atoms with E-state index in [9.17, 15) is 30.3 Å². The van der Waals surface area contributed by atoms with Gasteiger partial charge in [-0.25, -0.2) is 0 Å². The molecule has 6 N–H and O–H groups in total. The summed E-state index contributed by atoms with van der Waals surface area (Å²) < 4.78 is 11.2. The molecule has 0 saturated carbocycles. The Bertz CT molecular complexity index is 1200. The van der Waals surface area contributed by atoms with Crippen LogP contribution in [0.1, 0.15) is 232 Å². The Morgan fingerprint density at radius 1 is 0.538 bits per heavy atom. The Kier molecular flexibility index (Phi) is 42.8. The van der Waals surface area contributed by atoms with Gasteiger partial charge in [-0.1, -0.05) is 229 Å². The normalized spacial score (nSPS) is 20.4. The Morgan fingerprint density at radius 2 is 0.954 bits per heavy atom. The molecule has 1 aliphatic heterocycles. The smallest absolute Gasteiger partial charge is 0.220 e. The predicted molar refractivity (Wildman–Crippen MR) is 272 cm³/mol. The zero-order chi connectivity index (χ0) is 47.3. The lowest BCUT2D eigenvalue weighted by Gasteiger charge is -2.40. The summed E-state index contributed by atoms with van der Waals surface area (Å²) in [6, 6.07) is -0.714. The number of aliphatic hydroxyl groups is 5. The van der Waals surface area contributed by atoms with Crippen molar-refractivity contribution >= 4 is 5.91 Å². The number of hydrogen-bond acceptors (Lipinski definition) is 8. The number of nitrogens with one attached hydrogen (secondary N) is 1. The van der Waals surface area contributed by atoms with Crippen LogP contribution in [0.15, 0.2) is 60.8 Å². The molecule has 9 heteroatoms. The minimum atomic E-state index is -1.55. The van der Waals surface area contributed by atoms with Crippen LogP contribution in [0.3, 0.4) is 0 Å². The van der Waals surface area contributed by atoms with Gasteiger partial charge in [-0.3, -0.25) is 4.79 Å². The maximum atomic E-state index is 12.9. The highest BCUT2D eigenvalue weighted by molar-refractivity contribution is 5.76. The van der Waals surface area contributed by atoms with E-state index >= 15 is 0 Å². The largest absolute Gasteiger partial charge is 0.394 e. The fraction of sp³-hybridized carbons (Fsp3) is 0.804. The van der Waals surface area contributed by atoms with Gasteiger partial charge >= 0.3 is 0 Å². The molecule has 0 aliphatic carbocycles. The highest BCUT2D eigenvalue weighted by Gasteiger charge is 2.44. The molecule has 1 aliphatic rings. The Hall–Kier alpha value is -2.11. The molecule has 0 aromatic heterocycles. The molecule has 65 heavy (non-hydrogen) atoms. The maximum absolute atomic E-state index is 12.9. The Morgan fingerprint density at radius 3 is 1.42 bits per heavy atom.